The van der Waals surface area contributed by atoms with Gasteiger partial charge in [-0.1, -0.05) is 6.08 Å². The molecule has 0 rings (SSSR count). The third kappa shape index (κ3) is 5.56. The van der Waals surface area contributed by atoms with E-state index in [1.54, 1.807) is 17.8 Å². The smallest absolute Gasteiger partial charge is 0.241 e. The van der Waals surface area contributed by atoms with E-state index in [1.165, 1.54) is 6.08 Å². The Labute approximate surface area is 53.1 Å². The second-order valence-corrected chi connectivity index (χ2v) is 2.17. The molecule has 0 aromatic heterocycles. The number of carbonyl (C=O) groups is 1. The van der Waals surface area contributed by atoms with Crippen molar-refractivity contribution in [2.24, 2.45) is 5.73 Å². The van der Waals surface area contributed by atoms with Crippen molar-refractivity contribution >= 4 is 17.7 Å². The summed E-state index contributed by atoms with van der Waals surface area (Å²) in [5, 5.41) is 0. The quantitative estimate of drug-likeness (QED) is 0.563. The molecule has 46 valence electrons. The molecule has 0 unspecified atom stereocenters. The average Bonchev–Trinajstić information content (AvgIpc) is 1.66. The molecular weight excluding hydrogens is 122 g/mol. The van der Waals surface area contributed by atoms with E-state index in [2.05, 4.69) is 0 Å². The van der Waals surface area contributed by atoms with Crippen LogP contribution in [0, 0.1) is 0 Å². The van der Waals surface area contributed by atoms with Crippen LogP contribution in [0.3, 0.4) is 0 Å². The van der Waals surface area contributed by atoms with Gasteiger partial charge in [-0.3, -0.25) is 4.79 Å². The van der Waals surface area contributed by atoms with Crippen molar-refractivity contribution in [2.75, 3.05) is 12.0 Å². The molecule has 0 saturated heterocycles. The molecule has 0 aromatic rings. The Bertz CT molecular complexity index is 101. The Kier molecular flexibility index (Phi) is 4.45. The standard InChI is InChI=1S/C5H9NOS/c1-8-4-2-3-5(6)7/h2-3H,4H2,1H3,(H2,6,7). The number of hydrogen-bond acceptors (Lipinski definition) is 2. The van der Waals surface area contributed by atoms with E-state index in [4.69, 9.17) is 5.73 Å². The van der Waals surface area contributed by atoms with Crippen LogP contribution < -0.4 is 5.73 Å². The van der Waals surface area contributed by atoms with Gasteiger partial charge >= 0.3 is 0 Å². The number of carbonyl (C=O) groups excluding carboxylic acids is 1. The average molecular weight is 131 g/mol. The van der Waals surface area contributed by atoms with E-state index in [0.717, 1.165) is 5.75 Å². The summed E-state index contributed by atoms with van der Waals surface area (Å²) >= 11 is 1.65. The van der Waals surface area contributed by atoms with Crippen LogP contribution >= 0.6 is 11.8 Å². The lowest BCUT2D eigenvalue weighted by Gasteiger charge is -1.80. The summed E-state index contributed by atoms with van der Waals surface area (Å²) in [7, 11) is 0. The van der Waals surface area contributed by atoms with E-state index in [0.29, 0.717) is 0 Å². The lowest BCUT2D eigenvalue weighted by atomic mass is 10.5. The topological polar surface area (TPSA) is 43.1 Å². The van der Waals surface area contributed by atoms with E-state index in [1.807, 2.05) is 6.26 Å². The Morgan fingerprint density at radius 2 is 2.50 bits per heavy atom. The van der Waals surface area contributed by atoms with Crippen molar-refractivity contribution in [1.82, 2.24) is 0 Å². The second-order valence-electron chi connectivity index (χ2n) is 1.26. The Morgan fingerprint density at radius 1 is 1.88 bits per heavy atom. The van der Waals surface area contributed by atoms with Gasteiger partial charge in [-0.25, -0.2) is 0 Å². The lowest BCUT2D eigenvalue weighted by molar-refractivity contribution is -0.113. The highest BCUT2D eigenvalue weighted by Gasteiger charge is 1.78. The van der Waals surface area contributed by atoms with Crippen molar-refractivity contribution in [3.8, 4) is 0 Å². The second kappa shape index (κ2) is 4.71. The fourth-order valence-corrected chi connectivity index (χ4v) is 0.549. The van der Waals surface area contributed by atoms with Gasteiger partial charge in [0.15, 0.2) is 0 Å². The van der Waals surface area contributed by atoms with Crippen LogP contribution in [0.4, 0.5) is 0 Å². The summed E-state index contributed by atoms with van der Waals surface area (Å²) in [5.41, 5.74) is 4.80. The van der Waals surface area contributed by atoms with Gasteiger partial charge in [-0.15, -0.1) is 0 Å². The maximum Gasteiger partial charge on any atom is 0.241 e. The zero-order valence-corrected chi connectivity index (χ0v) is 5.57. The maximum atomic E-state index is 10.0. The number of thioether (sulfide) groups is 1. The van der Waals surface area contributed by atoms with Gasteiger partial charge in [-0.05, 0) is 12.3 Å². The predicted molar refractivity (Wildman–Crippen MR) is 36.7 cm³/mol. The highest BCUT2D eigenvalue weighted by atomic mass is 32.2. The summed E-state index contributed by atoms with van der Waals surface area (Å²) in [6.45, 7) is 0. The van der Waals surface area contributed by atoms with Crippen LogP contribution in [0.15, 0.2) is 12.2 Å². The monoisotopic (exact) mass is 131 g/mol. The normalized spacial score (nSPS) is 10.1. The first-order chi connectivity index (χ1) is 3.77. The predicted octanol–water partition coefficient (Wildman–Crippen LogP) is 0.391. The fourth-order valence-electron chi connectivity index (χ4n) is 0.260. The molecule has 0 aliphatic carbocycles. The number of rotatable bonds is 3. The Morgan fingerprint density at radius 3 is 2.88 bits per heavy atom. The van der Waals surface area contributed by atoms with Gasteiger partial charge in [0.1, 0.15) is 0 Å². The molecule has 0 aliphatic rings. The minimum Gasteiger partial charge on any atom is -0.366 e. The zero-order valence-electron chi connectivity index (χ0n) is 4.76. The van der Waals surface area contributed by atoms with Crippen LogP contribution in [0.2, 0.25) is 0 Å². The molecule has 0 aliphatic heterocycles. The van der Waals surface area contributed by atoms with Crippen molar-refractivity contribution < 1.29 is 4.79 Å². The first kappa shape index (κ1) is 7.56. The van der Waals surface area contributed by atoms with E-state index in [9.17, 15) is 4.79 Å². The summed E-state index contributed by atoms with van der Waals surface area (Å²) in [6.07, 6.45) is 5.08. The molecule has 0 spiro atoms. The minimum atomic E-state index is -0.376. The molecule has 0 radical (unpaired) electrons. The van der Waals surface area contributed by atoms with E-state index in [-0.39, 0.29) is 5.91 Å². The van der Waals surface area contributed by atoms with Crippen molar-refractivity contribution in [3.63, 3.8) is 0 Å². The molecule has 8 heavy (non-hydrogen) atoms. The number of hydrogen-bond donors (Lipinski definition) is 1. The molecule has 2 N–H and O–H groups in total. The molecular formula is C5H9NOS. The Hall–Kier alpha value is -0.440. The summed E-state index contributed by atoms with van der Waals surface area (Å²) < 4.78 is 0. The van der Waals surface area contributed by atoms with Gasteiger partial charge in [0, 0.05) is 5.75 Å². The van der Waals surface area contributed by atoms with Crippen LogP contribution in [0.1, 0.15) is 0 Å². The maximum absolute atomic E-state index is 10.0. The van der Waals surface area contributed by atoms with Gasteiger partial charge < -0.3 is 5.73 Å². The van der Waals surface area contributed by atoms with Crippen molar-refractivity contribution in [2.45, 2.75) is 0 Å². The van der Waals surface area contributed by atoms with Gasteiger partial charge in [-0.2, -0.15) is 11.8 Å². The third-order valence-electron chi connectivity index (χ3n) is 0.545. The van der Waals surface area contributed by atoms with Gasteiger partial charge in [0.05, 0.1) is 0 Å². The molecule has 0 aromatic carbocycles. The molecule has 0 fully saturated rings. The van der Waals surface area contributed by atoms with Crippen molar-refractivity contribution in [3.05, 3.63) is 12.2 Å². The number of nitrogens with two attached hydrogens (primary N) is 1. The SMILES string of the molecule is CSCC=CC(N)=O. The zero-order chi connectivity index (χ0) is 6.41. The highest BCUT2D eigenvalue weighted by Crippen LogP contribution is 1.89. The largest absolute Gasteiger partial charge is 0.366 e. The summed E-state index contributed by atoms with van der Waals surface area (Å²) in [5.74, 6) is 0.474. The number of amides is 1. The lowest BCUT2D eigenvalue weighted by Crippen LogP contribution is -2.05. The molecule has 0 atom stereocenters. The van der Waals surface area contributed by atoms with Gasteiger partial charge in [0.2, 0.25) is 5.91 Å². The van der Waals surface area contributed by atoms with Crippen LogP contribution in [-0.4, -0.2) is 17.9 Å². The van der Waals surface area contributed by atoms with Crippen molar-refractivity contribution in [1.29, 1.82) is 0 Å². The first-order valence-corrected chi connectivity index (χ1v) is 3.61. The fraction of sp³-hybridized carbons (Fsp3) is 0.400. The minimum absolute atomic E-state index is 0.376. The third-order valence-corrected chi connectivity index (χ3v) is 1.07. The van der Waals surface area contributed by atoms with Crippen LogP contribution in [-0.2, 0) is 4.79 Å². The molecule has 2 nitrogen and oxygen atoms in total. The van der Waals surface area contributed by atoms with E-state index < -0.39 is 0 Å². The van der Waals surface area contributed by atoms with E-state index >= 15 is 0 Å². The Balaban J connectivity index is 3.20. The highest BCUT2D eigenvalue weighted by molar-refractivity contribution is 7.98. The summed E-state index contributed by atoms with van der Waals surface area (Å²) in [6, 6.07) is 0. The van der Waals surface area contributed by atoms with Gasteiger partial charge in [0.25, 0.3) is 0 Å². The number of primary amides is 1. The first-order valence-electron chi connectivity index (χ1n) is 2.22. The molecule has 0 saturated carbocycles. The summed E-state index contributed by atoms with van der Waals surface area (Å²) in [4.78, 5) is 10.0. The molecule has 1 amide bonds. The molecule has 0 heterocycles. The van der Waals surface area contributed by atoms with Crippen LogP contribution in [0.5, 0.6) is 0 Å². The van der Waals surface area contributed by atoms with Crippen LogP contribution in [0.25, 0.3) is 0 Å². The molecule has 3 heteroatoms. The molecule has 0 bridgehead atoms.